The number of aryl methyl sites for hydroxylation is 1. The molecular weight excluding hydrogens is 310 g/mol. The molecule has 0 bridgehead atoms. The summed E-state index contributed by atoms with van der Waals surface area (Å²) in [5.74, 6) is 1.85. The molecule has 3 aromatic heterocycles. The molecule has 0 aliphatic carbocycles. The number of hydrogen-bond acceptors (Lipinski definition) is 5. The lowest BCUT2D eigenvalue weighted by Gasteiger charge is -2.03. The fraction of sp³-hybridized carbons (Fsp3) is 0.0909. The second-order valence-electron chi connectivity index (χ2n) is 3.82. The topological polar surface area (TPSA) is 73.5 Å². The molecule has 3 heterocycles. The van der Waals surface area contributed by atoms with E-state index in [1.807, 2.05) is 31.6 Å². The van der Waals surface area contributed by atoms with Gasteiger partial charge in [0.15, 0.2) is 11.6 Å². The van der Waals surface area contributed by atoms with Crippen LogP contribution in [0.4, 0.5) is 11.8 Å². The van der Waals surface area contributed by atoms with Gasteiger partial charge in [0.05, 0.1) is 0 Å². The quantitative estimate of drug-likeness (QED) is 0.798. The van der Waals surface area contributed by atoms with Gasteiger partial charge >= 0.3 is 0 Å². The van der Waals surface area contributed by atoms with Crippen LogP contribution in [0, 0.1) is 0 Å². The molecule has 0 saturated heterocycles. The van der Waals surface area contributed by atoms with Crippen molar-refractivity contribution in [1.29, 1.82) is 0 Å². The molecule has 3 aromatic rings. The maximum absolute atomic E-state index is 4.37. The fourth-order valence-corrected chi connectivity index (χ4v) is 1.85. The van der Waals surface area contributed by atoms with Crippen LogP contribution in [0.25, 0.3) is 5.82 Å². The Kier molecular flexibility index (Phi) is 3.00. The molecule has 0 atom stereocenters. The van der Waals surface area contributed by atoms with Gasteiger partial charge in [0, 0.05) is 37.8 Å². The highest BCUT2D eigenvalue weighted by molar-refractivity contribution is 9.10. The predicted molar refractivity (Wildman–Crippen MR) is 73.3 cm³/mol. The summed E-state index contributed by atoms with van der Waals surface area (Å²) in [5.41, 5.74) is 0. The van der Waals surface area contributed by atoms with Crippen molar-refractivity contribution in [2.45, 2.75) is 0 Å². The van der Waals surface area contributed by atoms with Gasteiger partial charge in [-0.1, -0.05) is 0 Å². The second-order valence-corrected chi connectivity index (χ2v) is 4.63. The van der Waals surface area contributed by atoms with Gasteiger partial charge in [0.2, 0.25) is 5.95 Å². The van der Waals surface area contributed by atoms with Crippen molar-refractivity contribution in [2.24, 2.45) is 7.05 Å². The molecule has 0 aliphatic heterocycles. The molecular formula is C11H10BrN7. The Balaban J connectivity index is 1.87. The average Bonchev–Trinajstić information content (AvgIpc) is 2.99. The second kappa shape index (κ2) is 4.81. The first kappa shape index (κ1) is 11.8. The first-order valence-corrected chi connectivity index (χ1v) is 6.31. The summed E-state index contributed by atoms with van der Waals surface area (Å²) in [7, 11) is 1.85. The number of nitrogens with one attached hydrogen (secondary N) is 1. The number of nitrogens with zero attached hydrogens (tertiary/aromatic N) is 6. The molecule has 0 amide bonds. The van der Waals surface area contributed by atoms with Crippen LogP contribution in [-0.2, 0) is 7.05 Å². The van der Waals surface area contributed by atoms with E-state index in [1.165, 1.54) is 0 Å². The molecule has 8 heteroatoms. The van der Waals surface area contributed by atoms with Crippen LogP contribution in [0.15, 0.2) is 41.4 Å². The molecule has 0 unspecified atom stereocenters. The number of anilines is 2. The van der Waals surface area contributed by atoms with Crippen molar-refractivity contribution in [3.63, 3.8) is 0 Å². The zero-order valence-corrected chi connectivity index (χ0v) is 11.6. The first-order valence-electron chi connectivity index (χ1n) is 5.52. The van der Waals surface area contributed by atoms with Gasteiger partial charge in [0.1, 0.15) is 4.60 Å². The van der Waals surface area contributed by atoms with E-state index in [2.05, 4.69) is 41.4 Å². The summed E-state index contributed by atoms with van der Waals surface area (Å²) in [4.78, 5) is 8.52. The lowest BCUT2D eigenvalue weighted by molar-refractivity contribution is 0.770. The molecule has 7 nitrogen and oxygen atoms in total. The lowest BCUT2D eigenvalue weighted by atomic mass is 10.5. The third kappa shape index (κ3) is 2.63. The molecule has 19 heavy (non-hydrogen) atoms. The summed E-state index contributed by atoms with van der Waals surface area (Å²) < 4.78 is 4.12. The van der Waals surface area contributed by atoms with Crippen molar-refractivity contribution in [2.75, 3.05) is 5.32 Å². The average molecular weight is 320 g/mol. The van der Waals surface area contributed by atoms with Gasteiger partial charge in [-0.05, 0) is 22.0 Å². The standard InChI is InChI=1S/C11H10BrN7/c1-18-6-4-9(17-18)14-11-13-5-2-10(15-11)19-7-3-8(12)16-19/h2-7H,1H3,(H,13,14,15,17). The molecule has 3 rings (SSSR count). The number of rotatable bonds is 3. The molecule has 0 saturated carbocycles. The minimum Gasteiger partial charge on any atom is -0.307 e. The maximum atomic E-state index is 4.37. The number of hydrogen-bond donors (Lipinski definition) is 1. The Morgan fingerprint density at radius 2 is 2.05 bits per heavy atom. The smallest absolute Gasteiger partial charge is 0.230 e. The van der Waals surface area contributed by atoms with E-state index in [-0.39, 0.29) is 0 Å². The lowest BCUT2D eigenvalue weighted by Crippen LogP contribution is -2.03. The van der Waals surface area contributed by atoms with Crippen molar-refractivity contribution in [3.05, 3.63) is 41.4 Å². The van der Waals surface area contributed by atoms with E-state index in [4.69, 9.17) is 0 Å². The summed E-state index contributed by atoms with van der Waals surface area (Å²) in [5, 5.41) is 11.5. The van der Waals surface area contributed by atoms with Gasteiger partial charge < -0.3 is 5.32 Å². The number of aromatic nitrogens is 6. The fourth-order valence-electron chi connectivity index (χ4n) is 1.56. The van der Waals surface area contributed by atoms with Gasteiger partial charge in [-0.2, -0.15) is 15.2 Å². The van der Waals surface area contributed by atoms with E-state index in [0.29, 0.717) is 17.6 Å². The van der Waals surface area contributed by atoms with Crippen LogP contribution in [0.1, 0.15) is 0 Å². The van der Waals surface area contributed by atoms with Crippen molar-refractivity contribution >= 4 is 27.7 Å². The molecule has 0 spiro atoms. The third-order valence-electron chi connectivity index (χ3n) is 2.39. The first-order chi connectivity index (χ1) is 9.20. The van der Waals surface area contributed by atoms with E-state index in [0.717, 1.165) is 4.60 Å². The minimum absolute atomic E-state index is 0.475. The van der Waals surface area contributed by atoms with Crippen LogP contribution in [0.5, 0.6) is 0 Å². The molecule has 96 valence electrons. The van der Waals surface area contributed by atoms with E-state index in [1.54, 1.807) is 21.6 Å². The van der Waals surface area contributed by atoms with Crippen LogP contribution >= 0.6 is 15.9 Å². The monoisotopic (exact) mass is 319 g/mol. The van der Waals surface area contributed by atoms with Gasteiger partial charge in [-0.15, -0.1) is 0 Å². The van der Waals surface area contributed by atoms with Gasteiger partial charge in [-0.3, -0.25) is 4.68 Å². The van der Waals surface area contributed by atoms with Gasteiger partial charge in [-0.25, -0.2) is 9.67 Å². The summed E-state index contributed by atoms with van der Waals surface area (Å²) >= 11 is 3.30. The van der Waals surface area contributed by atoms with E-state index in [9.17, 15) is 0 Å². The molecule has 0 radical (unpaired) electrons. The molecule has 0 aromatic carbocycles. The highest BCUT2D eigenvalue weighted by Crippen LogP contribution is 2.12. The van der Waals surface area contributed by atoms with Crippen molar-refractivity contribution in [3.8, 4) is 5.82 Å². The zero-order chi connectivity index (χ0) is 13.2. The Morgan fingerprint density at radius 3 is 2.74 bits per heavy atom. The zero-order valence-electron chi connectivity index (χ0n) is 10.0. The normalized spacial score (nSPS) is 10.6. The SMILES string of the molecule is Cn1ccc(Nc2nccc(-n3ccc(Br)n3)n2)n1. The Morgan fingerprint density at radius 1 is 1.16 bits per heavy atom. The van der Waals surface area contributed by atoms with E-state index < -0.39 is 0 Å². The van der Waals surface area contributed by atoms with Gasteiger partial charge in [0.25, 0.3) is 0 Å². The third-order valence-corrected chi connectivity index (χ3v) is 2.81. The highest BCUT2D eigenvalue weighted by Gasteiger charge is 2.04. The molecule has 0 aliphatic rings. The largest absolute Gasteiger partial charge is 0.307 e. The van der Waals surface area contributed by atoms with E-state index >= 15 is 0 Å². The Hall–Kier alpha value is -2.22. The van der Waals surface area contributed by atoms with Crippen LogP contribution in [-0.4, -0.2) is 29.5 Å². The highest BCUT2D eigenvalue weighted by atomic mass is 79.9. The predicted octanol–water partition coefficient (Wildman–Crippen LogP) is 1.90. The summed E-state index contributed by atoms with van der Waals surface area (Å²) in [6.07, 6.45) is 5.33. The van der Waals surface area contributed by atoms with Crippen LogP contribution in [0.3, 0.4) is 0 Å². The minimum atomic E-state index is 0.475. The van der Waals surface area contributed by atoms with Crippen molar-refractivity contribution < 1.29 is 0 Å². The summed E-state index contributed by atoms with van der Waals surface area (Å²) in [6, 6.07) is 5.47. The molecule has 0 fully saturated rings. The van der Waals surface area contributed by atoms with Crippen LogP contribution < -0.4 is 5.32 Å². The molecule has 1 N–H and O–H groups in total. The Labute approximate surface area is 117 Å². The number of halogens is 1. The Bertz CT molecular complexity index is 702. The van der Waals surface area contributed by atoms with Crippen LogP contribution in [0.2, 0.25) is 0 Å². The summed E-state index contributed by atoms with van der Waals surface area (Å²) in [6.45, 7) is 0. The van der Waals surface area contributed by atoms with Crippen molar-refractivity contribution in [1.82, 2.24) is 29.5 Å². The maximum Gasteiger partial charge on any atom is 0.230 e.